The van der Waals surface area contributed by atoms with Gasteiger partial charge in [0.05, 0.1) is 23.6 Å². The monoisotopic (exact) mass is 187 g/mol. The van der Waals surface area contributed by atoms with E-state index < -0.39 is 10.8 Å². The fraction of sp³-hybridized carbons (Fsp3) is 0.727. The van der Waals surface area contributed by atoms with Gasteiger partial charge in [-0.2, -0.15) is 15.8 Å². The Morgan fingerprint density at radius 1 is 1.07 bits per heavy atom. The van der Waals surface area contributed by atoms with Crippen molar-refractivity contribution in [2.75, 3.05) is 0 Å². The largest absolute Gasteiger partial charge is 0.198 e. The van der Waals surface area contributed by atoms with Gasteiger partial charge in [-0.05, 0) is 19.3 Å². The Hall–Kier alpha value is -1.53. The van der Waals surface area contributed by atoms with Gasteiger partial charge in [-0.3, -0.25) is 0 Å². The highest BCUT2D eigenvalue weighted by atomic mass is 14.6. The normalized spacial score (nSPS) is 27.9. The molecule has 14 heavy (non-hydrogen) atoms. The molecule has 0 aromatic carbocycles. The van der Waals surface area contributed by atoms with Crippen LogP contribution in [0.25, 0.3) is 0 Å². The Kier molecular flexibility index (Phi) is 2.78. The predicted octanol–water partition coefficient (Wildman–Crippen LogP) is 2.51. The van der Waals surface area contributed by atoms with Gasteiger partial charge in [0.1, 0.15) is 0 Å². The molecule has 1 atom stereocenters. The summed E-state index contributed by atoms with van der Waals surface area (Å²) in [6, 6.07) is 6.26. The highest BCUT2D eigenvalue weighted by Crippen LogP contribution is 2.58. The summed E-state index contributed by atoms with van der Waals surface area (Å²) in [4.78, 5) is 0. The predicted molar refractivity (Wildman–Crippen MR) is 50.5 cm³/mol. The molecule has 3 heteroatoms. The molecule has 1 saturated carbocycles. The lowest BCUT2D eigenvalue weighted by molar-refractivity contribution is 0.0623. The van der Waals surface area contributed by atoms with Crippen LogP contribution in [0.1, 0.15) is 39.0 Å². The van der Waals surface area contributed by atoms with E-state index >= 15 is 0 Å². The zero-order chi connectivity index (χ0) is 10.7. The summed E-state index contributed by atoms with van der Waals surface area (Å²) < 4.78 is 0. The van der Waals surface area contributed by atoms with Crippen molar-refractivity contribution >= 4 is 0 Å². The van der Waals surface area contributed by atoms with E-state index in [1.165, 1.54) is 0 Å². The summed E-state index contributed by atoms with van der Waals surface area (Å²) >= 11 is 0. The van der Waals surface area contributed by atoms with Crippen LogP contribution < -0.4 is 0 Å². The minimum atomic E-state index is -1.03. The minimum absolute atomic E-state index is 0.553. The molecule has 0 bridgehead atoms. The Bertz CT molecular complexity index is 325. The third-order valence-electron chi connectivity index (χ3n) is 3.30. The van der Waals surface area contributed by atoms with Gasteiger partial charge >= 0.3 is 0 Å². The lowest BCUT2D eigenvalue weighted by atomic mass is 9.49. The number of unbranched alkanes of at least 4 members (excludes halogenated alkanes) is 1. The fourth-order valence-electron chi connectivity index (χ4n) is 2.05. The van der Waals surface area contributed by atoms with Crippen molar-refractivity contribution in [3.05, 3.63) is 0 Å². The average molecular weight is 187 g/mol. The number of nitriles is 3. The topological polar surface area (TPSA) is 71.4 Å². The van der Waals surface area contributed by atoms with Crippen LogP contribution >= 0.6 is 0 Å². The molecule has 0 heterocycles. The summed E-state index contributed by atoms with van der Waals surface area (Å²) in [6.07, 6.45) is 3.85. The van der Waals surface area contributed by atoms with E-state index in [1.807, 2.05) is 19.1 Å². The Morgan fingerprint density at radius 2 is 1.71 bits per heavy atom. The SMILES string of the molecule is CCCCC1(C#N)CCC1(C#N)C#N. The number of nitrogens with zero attached hydrogens (tertiary/aromatic N) is 3. The van der Waals surface area contributed by atoms with Gasteiger partial charge in [-0.25, -0.2) is 0 Å². The summed E-state index contributed by atoms with van der Waals surface area (Å²) in [7, 11) is 0. The standard InChI is InChI=1S/C11H13N3/c1-2-3-4-10(7-12)5-6-11(10,8-13)9-14/h2-6H2,1H3. The molecule has 1 fully saturated rings. The second kappa shape index (κ2) is 3.69. The summed E-state index contributed by atoms with van der Waals surface area (Å²) in [5, 5.41) is 27.1. The molecule has 0 aromatic rings. The van der Waals surface area contributed by atoms with E-state index in [0.29, 0.717) is 19.3 Å². The lowest BCUT2D eigenvalue weighted by Gasteiger charge is -2.46. The molecular weight excluding hydrogens is 174 g/mol. The first kappa shape index (κ1) is 10.6. The Labute approximate surface area is 84.6 Å². The molecule has 1 aliphatic rings. The van der Waals surface area contributed by atoms with Crippen LogP contribution in [0.15, 0.2) is 0 Å². The van der Waals surface area contributed by atoms with Gasteiger partial charge in [-0.15, -0.1) is 0 Å². The van der Waals surface area contributed by atoms with Crippen molar-refractivity contribution in [3.63, 3.8) is 0 Å². The number of hydrogen-bond acceptors (Lipinski definition) is 3. The van der Waals surface area contributed by atoms with E-state index in [2.05, 4.69) is 6.07 Å². The third kappa shape index (κ3) is 1.16. The second-order valence-electron chi connectivity index (χ2n) is 3.93. The third-order valence-corrected chi connectivity index (χ3v) is 3.30. The summed E-state index contributed by atoms with van der Waals surface area (Å²) in [6.45, 7) is 2.05. The second-order valence-corrected chi connectivity index (χ2v) is 3.93. The van der Waals surface area contributed by atoms with Gasteiger partial charge in [-0.1, -0.05) is 19.8 Å². The maximum absolute atomic E-state index is 9.11. The summed E-state index contributed by atoms with van der Waals surface area (Å²) in [5.41, 5.74) is -1.72. The van der Waals surface area contributed by atoms with Crippen LogP contribution in [0.2, 0.25) is 0 Å². The zero-order valence-corrected chi connectivity index (χ0v) is 8.38. The van der Waals surface area contributed by atoms with Crippen molar-refractivity contribution in [2.24, 2.45) is 10.8 Å². The van der Waals surface area contributed by atoms with Crippen LogP contribution in [-0.4, -0.2) is 0 Å². The first-order valence-corrected chi connectivity index (χ1v) is 4.94. The Balaban J connectivity index is 2.89. The smallest absolute Gasteiger partial charge is 0.162 e. The van der Waals surface area contributed by atoms with E-state index in [0.717, 1.165) is 12.8 Å². The maximum atomic E-state index is 9.11. The molecule has 0 aliphatic heterocycles. The van der Waals surface area contributed by atoms with Gasteiger partial charge in [0, 0.05) is 0 Å². The molecule has 0 spiro atoms. The first-order chi connectivity index (χ1) is 6.70. The maximum Gasteiger partial charge on any atom is 0.162 e. The van der Waals surface area contributed by atoms with Crippen molar-refractivity contribution in [3.8, 4) is 18.2 Å². The minimum Gasteiger partial charge on any atom is -0.198 e. The first-order valence-electron chi connectivity index (χ1n) is 4.94. The van der Waals surface area contributed by atoms with Crippen LogP contribution in [0.3, 0.4) is 0 Å². The highest BCUT2D eigenvalue weighted by molar-refractivity contribution is 5.33. The fourth-order valence-corrected chi connectivity index (χ4v) is 2.05. The van der Waals surface area contributed by atoms with Crippen molar-refractivity contribution in [2.45, 2.75) is 39.0 Å². The van der Waals surface area contributed by atoms with Crippen LogP contribution in [0, 0.1) is 44.8 Å². The van der Waals surface area contributed by atoms with Gasteiger partial charge in [0.25, 0.3) is 0 Å². The zero-order valence-electron chi connectivity index (χ0n) is 8.38. The molecule has 0 radical (unpaired) electrons. The van der Waals surface area contributed by atoms with Gasteiger partial charge in [0.2, 0.25) is 0 Å². The Morgan fingerprint density at radius 3 is 2.00 bits per heavy atom. The van der Waals surface area contributed by atoms with E-state index in [-0.39, 0.29) is 0 Å². The molecule has 72 valence electrons. The molecular formula is C11H13N3. The molecule has 1 unspecified atom stereocenters. The van der Waals surface area contributed by atoms with Crippen LogP contribution in [0.4, 0.5) is 0 Å². The molecule has 0 amide bonds. The van der Waals surface area contributed by atoms with Crippen LogP contribution in [0.5, 0.6) is 0 Å². The van der Waals surface area contributed by atoms with E-state index in [4.69, 9.17) is 15.8 Å². The number of hydrogen-bond donors (Lipinski definition) is 0. The van der Waals surface area contributed by atoms with Crippen molar-refractivity contribution in [1.82, 2.24) is 0 Å². The molecule has 3 nitrogen and oxygen atoms in total. The van der Waals surface area contributed by atoms with Crippen molar-refractivity contribution < 1.29 is 0 Å². The van der Waals surface area contributed by atoms with E-state index in [9.17, 15) is 0 Å². The van der Waals surface area contributed by atoms with E-state index in [1.54, 1.807) is 0 Å². The summed E-state index contributed by atoms with van der Waals surface area (Å²) in [5.74, 6) is 0. The molecule has 0 aromatic heterocycles. The quantitative estimate of drug-likeness (QED) is 0.681. The molecule has 1 aliphatic carbocycles. The molecule has 0 saturated heterocycles. The van der Waals surface area contributed by atoms with Crippen LogP contribution in [-0.2, 0) is 0 Å². The average Bonchev–Trinajstić information content (AvgIpc) is 2.20. The molecule has 0 N–H and O–H groups in total. The molecule has 1 rings (SSSR count). The van der Waals surface area contributed by atoms with Gasteiger partial charge in [0.15, 0.2) is 5.41 Å². The number of rotatable bonds is 3. The lowest BCUT2D eigenvalue weighted by Crippen LogP contribution is -2.48. The van der Waals surface area contributed by atoms with Gasteiger partial charge < -0.3 is 0 Å². The highest BCUT2D eigenvalue weighted by Gasteiger charge is 2.60. The van der Waals surface area contributed by atoms with Crippen molar-refractivity contribution in [1.29, 1.82) is 15.8 Å².